The zero-order valence-electron chi connectivity index (χ0n) is 30.7. The summed E-state index contributed by atoms with van der Waals surface area (Å²) in [4.78, 5) is 31.3. The third kappa shape index (κ3) is 10.7. The van der Waals surface area contributed by atoms with Gasteiger partial charge in [0.05, 0.1) is 41.7 Å². The van der Waals surface area contributed by atoms with Crippen LogP contribution < -0.4 is 15.4 Å². The van der Waals surface area contributed by atoms with Gasteiger partial charge in [0.2, 0.25) is 0 Å². The van der Waals surface area contributed by atoms with Gasteiger partial charge in [-0.2, -0.15) is 13.2 Å². The number of aliphatic hydroxyl groups is 1. The zero-order valence-corrected chi connectivity index (χ0v) is 30.7. The van der Waals surface area contributed by atoms with Gasteiger partial charge in [-0.25, -0.2) is 4.79 Å². The van der Waals surface area contributed by atoms with Crippen LogP contribution in [0.4, 0.5) is 29.3 Å². The summed E-state index contributed by atoms with van der Waals surface area (Å²) in [6.07, 6.45) is -2.60. The molecule has 3 N–H and O–H groups in total. The van der Waals surface area contributed by atoms with Crippen LogP contribution in [0.3, 0.4) is 0 Å². The van der Waals surface area contributed by atoms with Crippen LogP contribution in [-0.4, -0.2) is 78.4 Å². The average molecular weight is 735 g/mol. The molecule has 1 aliphatic heterocycles. The minimum Gasteiger partial charge on any atom is -0.490 e. The van der Waals surface area contributed by atoms with Gasteiger partial charge in [-0.1, -0.05) is 55.5 Å². The smallest absolute Gasteiger partial charge is 0.416 e. The lowest BCUT2D eigenvalue weighted by molar-refractivity contribution is -0.137. The Labute approximate surface area is 309 Å². The van der Waals surface area contributed by atoms with Crippen LogP contribution in [0.2, 0.25) is 0 Å². The molecule has 12 heteroatoms. The Bertz CT molecular complexity index is 1830. The molecule has 5 rings (SSSR count). The van der Waals surface area contributed by atoms with Crippen LogP contribution in [0.1, 0.15) is 61.5 Å². The van der Waals surface area contributed by atoms with Crippen LogP contribution in [0.5, 0.6) is 5.75 Å². The first-order chi connectivity index (χ1) is 25.3. The molecule has 4 aromatic carbocycles. The third-order valence-electron chi connectivity index (χ3n) is 9.57. The van der Waals surface area contributed by atoms with E-state index in [1.54, 1.807) is 30.0 Å². The normalized spacial score (nSPS) is 19.6. The third-order valence-corrected chi connectivity index (χ3v) is 9.57. The number of fused-ring (bicyclic) bond motifs is 2. The van der Waals surface area contributed by atoms with Crippen molar-refractivity contribution in [1.82, 2.24) is 9.80 Å². The van der Waals surface area contributed by atoms with Gasteiger partial charge < -0.3 is 30.1 Å². The summed E-state index contributed by atoms with van der Waals surface area (Å²) < 4.78 is 52.1. The minimum atomic E-state index is -4.40. The maximum Gasteiger partial charge on any atom is 0.416 e. The van der Waals surface area contributed by atoms with Crippen molar-refractivity contribution < 1.29 is 37.3 Å². The van der Waals surface area contributed by atoms with Crippen molar-refractivity contribution in [3.63, 3.8) is 0 Å². The lowest BCUT2D eigenvalue weighted by Crippen LogP contribution is -2.47. The first-order valence-electron chi connectivity index (χ1n) is 18.1. The Kier molecular flexibility index (Phi) is 13.4. The number of alkyl halides is 3. The highest BCUT2D eigenvalue weighted by Gasteiger charge is 2.32. The van der Waals surface area contributed by atoms with E-state index in [-0.39, 0.29) is 42.7 Å². The molecule has 1 heterocycles. The number of anilines is 2. The fraction of sp³-hybridized carbons (Fsp3) is 0.415. The molecule has 0 fully saturated rings. The lowest BCUT2D eigenvalue weighted by atomic mass is 10.0. The van der Waals surface area contributed by atoms with E-state index in [9.17, 15) is 27.9 Å². The number of hydrogen-bond donors (Lipinski definition) is 3. The van der Waals surface area contributed by atoms with E-state index in [0.29, 0.717) is 36.8 Å². The molecule has 0 spiro atoms. The van der Waals surface area contributed by atoms with Crippen LogP contribution in [0.15, 0.2) is 84.9 Å². The molecule has 9 nitrogen and oxygen atoms in total. The van der Waals surface area contributed by atoms with E-state index in [2.05, 4.69) is 10.6 Å². The number of rotatable bonds is 8. The number of ether oxygens (including phenoxy) is 2. The Hall–Kier alpha value is -4.65. The van der Waals surface area contributed by atoms with Crippen LogP contribution in [-0.2, 0) is 17.5 Å². The number of amides is 3. The molecule has 3 amide bonds. The van der Waals surface area contributed by atoms with E-state index < -0.39 is 23.8 Å². The maximum atomic E-state index is 14.5. The molecule has 1 aliphatic rings. The predicted molar refractivity (Wildman–Crippen MR) is 201 cm³/mol. The van der Waals surface area contributed by atoms with E-state index in [0.717, 1.165) is 47.7 Å². The summed E-state index contributed by atoms with van der Waals surface area (Å²) in [6.45, 7) is 7.03. The van der Waals surface area contributed by atoms with Crippen LogP contribution in [0, 0.1) is 5.92 Å². The van der Waals surface area contributed by atoms with Gasteiger partial charge in [0.1, 0.15) is 5.75 Å². The molecule has 4 atom stereocenters. The molecular formula is C41H49F3N4O5. The highest BCUT2D eigenvalue weighted by atomic mass is 19.4. The van der Waals surface area contributed by atoms with Gasteiger partial charge in [0.25, 0.3) is 5.91 Å². The Balaban J connectivity index is 1.36. The number of halogens is 3. The Morgan fingerprint density at radius 1 is 1.00 bits per heavy atom. The fourth-order valence-electron chi connectivity index (χ4n) is 6.56. The number of carbonyl (C=O) groups is 2. The van der Waals surface area contributed by atoms with Gasteiger partial charge in [-0.3, -0.25) is 9.69 Å². The van der Waals surface area contributed by atoms with Crippen molar-refractivity contribution in [3.05, 3.63) is 102 Å². The molecule has 0 aromatic heterocycles. The summed E-state index contributed by atoms with van der Waals surface area (Å²) >= 11 is 0. The summed E-state index contributed by atoms with van der Waals surface area (Å²) in [5.74, 6) is -0.180. The number of benzene rings is 4. The van der Waals surface area contributed by atoms with E-state index in [1.807, 2.05) is 68.3 Å². The summed E-state index contributed by atoms with van der Waals surface area (Å²) in [5.41, 5.74) is 1.33. The molecule has 0 aliphatic carbocycles. The van der Waals surface area contributed by atoms with Crippen molar-refractivity contribution in [2.45, 2.75) is 71.0 Å². The maximum absolute atomic E-state index is 14.5. The van der Waals surface area contributed by atoms with Crippen molar-refractivity contribution in [1.29, 1.82) is 0 Å². The van der Waals surface area contributed by atoms with Crippen molar-refractivity contribution in [3.8, 4) is 5.75 Å². The molecule has 0 unspecified atom stereocenters. The second-order valence-corrected chi connectivity index (χ2v) is 14.0. The Morgan fingerprint density at radius 2 is 1.74 bits per heavy atom. The fourth-order valence-corrected chi connectivity index (χ4v) is 6.56. The number of urea groups is 1. The minimum absolute atomic E-state index is 0.193. The van der Waals surface area contributed by atoms with E-state index in [4.69, 9.17) is 9.47 Å². The topological polar surface area (TPSA) is 103 Å². The summed E-state index contributed by atoms with van der Waals surface area (Å²) in [5, 5.41) is 17.9. The number of aliphatic hydroxyl groups excluding tert-OH is 1. The van der Waals surface area contributed by atoms with Gasteiger partial charge in [0, 0.05) is 43.2 Å². The highest BCUT2D eigenvalue weighted by molar-refractivity contribution is 6.07. The standard InChI is InChI=1S/C41H49F3N4O5/c1-27-23-48(28(2)26-49)39(50)35-22-33(45-40(51)46-36-14-9-12-31-11-5-6-13-34(31)36)19-20-37(35)53-29(3)10-7-8-21-52-38(27)25-47(4)24-30-15-17-32(18-16-30)41(42,43)44/h5-6,9,11-20,22,27-29,38,49H,7-8,10,21,23-26H2,1-4H3,(H2,45,46,51)/t27-,28+,29-,38-/m0/s1. The molecule has 53 heavy (non-hydrogen) atoms. The molecule has 0 saturated carbocycles. The first kappa shape index (κ1) is 39.6. The number of nitrogens with zero attached hydrogens (tertiary/aromatic N) is 2. The van der Waals surface area contributed by atoms with Gasteiger partial charge in [-0.15, -0.1) is 0 Å². The van der Waals surface area contributed by atoms with Crippen molar-refractivity contribution in [2.24, 2.45) is 5.92 Å². The SMILES string of the molecule is C[C@H](CO)N1C[C@H](C)[C@H](CN(C)Cc2ccc(C(F)(F)F)cc2)OCCCC[C@H](C)Oc2ccc(NC(=O)Nc3cccc4ccccc34)cc2C1=O. The summed E-state index contributed by atoms with van der Waals surface area (Å²) in [6, 6.07) is 22.5. The van der Waals surface area contributed by atoms with E-state index >= 15 is 0 Å². The Morgan fingerprint density at radius 3 is 2.47 bits per heavy atom. The van der Waals surface area contributed by atoms with Crippen molar-refractivity contribution >= 4 is 34.1 Å². The molecule has 0 bridgehead atoms. The number of hydrogen-bond acceptors (Lipinski definition) is 6. The zero-order chi connectivity index (χ0) is 38.1. The lowest BCUT2D eigenvalue weighted by Gasteiger charge is -2.36. The van der Waals surface area contributed by atoms with Crippen LogP contribution >= 0.6 is 0 Å². The van der Waals surface area contributed by atoms with Crippen LogP contribution in [0.25, 0.3) is 10.8 Å². The molecule has 0 saturated heterocycles. The summed E-state index contributed by atoms with van der Waals surface area (Å²) in [7, 11) is 1.89. The number of carbonyl (C=O) groups excluding carboxylic acids is 2. The second-order valence-electron chi connectivity index (χ2n) is 14.0. The average Bonchev–Trinajstić information content (AvgIpc) is 3.12. The monoisotopic (exact) mass is 734 g/mol. The number of likely N-dealkylation sites (N-methyl/N-ethyl adjacent to an activating group) is 1. The predicted octanol–water partition coefficient (Wildman–Crippen LogP) is 8.43. The molecule has 0 radical (unpaired) electrons. The quantitative estimate of drug-likeness (QED) is 0.168. The number of nitrogens with one attached hydrogen (secondary N) is 2. The largest absolute Gasteiger partial charge is 0.490 e. The second kappa shape index (κ2) is 17.9. The molecule has 4 aromatic rings. The van der Waals surface area contributed by atoms with Gasteiger partial charge in [0.15, 0.2) is 0 Å². The molecular weight excluding hydrogens is 685 g/mol. The van der Waals surface area contributed by atoms with Crippen molar-refractivity contribution in [2.75, 3.05) is 44.0 Å². The van der Waals surface area contributed by atoms with Gasteiger partial charge in [-0.05, 0) is 87.5 Å². The van der Waals surface area contributed by atoms with Gasteiger partial charge >= 0.3 is 12.2 Å². The molecule has 284 valence electrons. The highest BCUT2D eigenvalue weighted by Crippen LogP contribution is 2.31. The van der Waals surface area contributed by atoms with E-state index in [1.165, 1.54) is 12.1 Å². The first-order valence-corrected chi connectivity index (χ1v) is 18.1.